The van der Waals surface area contributed by atoms with Crippen LogP contribution in [-0.2, 0) is 15.1 Å². The highest BCUT2D eigenvalue weighted by atomic mass is 35.5. The third kappa shape index (κ3) is 1.95. The van der Waals surface area contributed by atoms with Crippen molar-refractivity contribution in [2.45, 2.75) is 25.4 Å². The summed E-state index contributed by atoms with van der Waals surface area (Å²) in [7, 11) is 0. The van der Waals surface area contributed by atoms with Gasteiger partial charge in [-0.3, -0.25) is 4.79 Å². The third-order valence-corrected chi connectivity index (χ3v) is 2.56. The Labute approximate surface area is 91.2 Å². The van der Waals surface area contributed by atoms with Crippen LogP contribution >= 0.6 is 11.6 Å². The van der Waals surface area contributed by atoms with E-state index < -0.39 is 17.5 Å². The van der Waals surface area contributed by atoms with Gasteiger partial charge in [-0.1, -0.05) is 11.6 Å². The first-order valence-corrected chi connectivity index (χ1v) is 4.93. The second-order valence-corrected chi connectivity index (χ2v) is 3.95. The molecule has 1 aliphatic rings. The summed E-state index contributed by atoms with van der Waals surface area (Å²) in [4.78, 5) is 14.4. The molecular formula is C10H9ClFNO2. The molecule has 1 fully saturated rings. The van der Waals surface area contributed by atoms with Crippen molar-refractivity contribution in [1.82, 2.24) is 4.98 Å². The molecule has 1 heterocycles. The highest BCUT2D eigenvalue weighted by Crippen LogP contribution is 2.50. The van der Waals surface area contributed by atoms with Gasteiger partial charge in [-0.05, 0) is 25.0 Å². The number of rotatable bonds is 2. The zero-order valence-electron chi connectivity index (χ0n) is 8.09. The Kier molecular flexibility index (Phi) is 2.38. The van der Waals surface area contributed by atoms with E-state index in [0.29, 0.717) is 18.4 Å². The van der Waals surface area contributed by atoms with Crippen LogP contribution in [0.4, 0.5) is 4.39 Å². The van der Waals surface area contributed by atoms with Crippen LogP contribution in [0.15, 0.2) is 12.1 Å². The van der Waals surface area contributed by atoms with Crippen molar-refractivity contribution in [3.05, 3.63) is 28.8 Å². The number of carbonyl (C=O) groups excluding carboxylic acids is 1. The number of ether oxygens (including phenoxy) is 1. The number of pyridine rings is 1. The van der Waals surface area contributed by atoms with Gasteiger partial charge in [0.2, 0.25) is 5.95 Å². The molecule has 0 N–H and O–H groups in total. The van der Waals surface area contributed by atoms with Crippen molar-refractivity contribution in [3.63, 3.8) is 0 Å². The zero-order valence-corrected chi connectivity index (χ0v) is 8.84. The number of aromatic nitrogens is 1. The zero-order chi connectivity index (χ0) is 11.1. The second kappa shape index (κ2) is 3.45. The molecule has 1 saturated carbocycles. The smallest absolute Gasteiger partial charge is 0.303 e. The molecule has 0 unspecified atom stereocenters. The number of hydrogen-bond acceptors (Lipinski definition) is 3. The van der Waals surface area contributed by atoms with Crippen LogP contribution in [0.3, 0.4) is 0 Å². The Morgan fingerprint density at radius 1 is 1.60 bits per heavy atom. The van der Waals surface area contributed by atoms with Crippen LogP contribution in [0.1, 0.15) is 25.3 Å². The van der Waals surface area contributed by atoms with Crippen molar-refractivity contribution in [2.24, 2.45) is 0 Å². The van der Waals surface area contributed by atoms with Gasteiger partial charge < -0.3 is 4.74 Å². The molecule has 80 valence electrons. The first-order valence-electron chi connectivity index (χ1n) is 4.56. The summed E-state index contributed by atoms with van der Waals surface area (Å²) in [5.41, 5.74) is -0.491. The second-order valence-electron chi connectivity index (χ2n) is 3.56. The van der Waals surface area contributed by atoms with Gasteiger partial charge in [0.25, 0.3) is 0 Å². The predicted octanol–water partition coefficient (Wildman–Crippen LogP) is 2.43. The van der Waals surface area contributed by atoms with Gasteiger partial charge in [0.1, 0.15) is 10.8 Å². The molecule has 2 rings (SSSR count). The van der Waals surface area contributed by atoms with E-state index >= 15 is 0 Å². The minimum absolute atomic E-state index is 0.0925. The van der Waals surface area contributed by atoms with E-state index in [2.05, 4.69) is 4.98 Å². The summed E-state index contributed by atoms with van der Waals surface area (Å²) in [6.45, 7) is 1.31. The fraction of sp³-hybridized carbons (Fsp3) is 0.400. The SMILES string of the molecule is CC(=O)OC1(c2ccc(Cl)nc2F)CC1. The van der Waals surface area contributed by atoms with Gasteiger partial charge in [0, 0.05) is 6.92 Å². The Morgan fingerprint density at radius 2 is 2.27 bits per heavy atom. The van der Waals surface area contributed by atoms with Crippen molar-refractivity contribution in [1.29, 1.82) is 0 Å². The molecule has 5 heteroatoms. The van der Waals surface area contributed by atoms with Crippen LogP contribution < -0.4 is 0 Å². The molecule has 0 saturated heterocycles. The predicted molar refractivity (Wildman–Crippen MR) is 51.9 cm³/mol. The average molecular weight is 230 g/mol. The number of esters is 1. The standard InChI is InChI=1S/C10H9ClFNO2/c1-6(14)15-10(4-5-10)7-2-3-8(11)13-9(7)12/h2-3H,4-5H2,1H3. The van der Waals surface area contributed by atoms with Crippen molar-refractivity contribution < 1.29 is 13.9 Å². The van der Waals surface area contributed by atoms with Crippen LogP contribution in [0, 0.1) is 5.95 Å². The quantitative estimate of drug-likeness (QED) is 0.578. The van der Waals surface area contributed by atoms with Crippen LogP contribution in [0.25, 0.3) is 0 Å². The summed E-state index contributed by atoms with van der Waals surface area (Å²) in [6, 6.07) is 3.00. The van der Waals surface area contributed by atoms with E-state index in [0.717, 1.165) is 0 Å². The topological polar surface area (TPSA) is 39.2 Å². The molecule has 1 aromatic heterocycles. The van der Waals surface area contributed by atoms with Crippen LogP contribution in [-0.4, -0.2) is 11.0 Å². The van der Waals surface area contributed by atoms with E-state index in [1.807, 2.05) is 0 Å². The summed E-state index contributed by atoms with van der Waals surface area (Å²) < 4.78 is 18.5. The van der Waals surface area contributed by atoms with Crippen molar-refractivity contribution in [3.8, 4) is 0 Å². The molecular weight excluding hydrogens is 221 g/mol. The normalized spacial score (nSPS) is 17.3. The van der Waals surface area contributed by atoms with E-state index in [9.17, 15) is 9.18 Å². The maximum Gasteiger partial charge on any atom is 0.303 e. The molecule has 0 aromatic carbocycles. The molecule has 0 bridgehead atoms. The number of hydrogen-bond donors (Lipinski definition) is 0. The lowest BCUT2D eigenvalue weighted by molar-refractivity contribution is -0.149. The lowest BCUT2D eigenvalue weighted by atomic mass is 10.1. The van der Waals surface area contributed by atoms with E-state index in [4.69, 9.17) is 16.3 Å². The van der Waals surface area contributed by atoms with Gasteiger partial charge in [0.05, 0.1) is 5.56 Å². The molecule has 15 heavy (non-hydrogen) atoms. The van der Waals surface area contributed by atoms with Crippen LogP contribution in [0.2, 0.25) is 5.15 Å². The Morgan fingerprint density at radius 3 is 2.73 bits per heavy atom. The molecule has 1 aromatic rings. The van der Waals surface area contributed by atoms with Crippen molar-refractivity contribution in [2.75, 3.05) is 0 Å². The maximum absolute atomic E-state index is 13.4. The van der Waals surface area contributed by atoms with Gasteiger partial charge in [-0.2, -0.15) is 4.39 Å². The minimum Gasteiger partial charge on any atom is -0.454 e. The van der Waals surface area contributed by atoms with E-state index in [1.165, 1.54) is 19.1 Å². The fourth-order valence-corrected chi connectivity index (χ4v) is 1.70. The fourth-order valence-electron chi connectivity index (χ4n) is 1.57. The number of carbonyl (C=O) groups is 1. The molecule has 0 amide bonds. The maximum atomic E-state index is 13.4. The largest absolute Gasteiger partial charge is 0.454 e. The molecule has 0 aliphatic heterocycles. The monoisotopic (exact) mass is 229 g/mol. The third-order valence-electron chi connectivity index (χ3n) is 2.35. The van der Waals surface area contributed by atoms with Gasteiger partial charge in [0.15, 0.2) is 0 Å². The van der Waals surface area contributed by atoms with Crippen molar-refractivity contribution >= 4 is 17.6 Å². The lowest BCUT2D eigenvalue weighted by Crippen LogP contribution is -2.17. The van der Waals surface area contributed by atoms with Gasteiger partial charge >= 0.3 is 5.97 Å². The Balaban J connectivity index is 2.33. The Bertz CT molecular complexity index is 418. The Hall–Kier alpha value is -1.16. The van der Waals surface area contributed by atoms with Crippen LogP contribution in [0.5, 0.6) is 0 Å². The summed E-state index contributed by atoms with van der Waals surface area (Å²) >= 11 is 5.53. The van der Waals surface area contributed by atoms with E-state index in [1.54, 1.807) is 0 Å². The first kappa shape index (κ1) is 10.4. The number of nitrogens with zero attached hydrogens (tertiary/aromatic N) is 1. The number of halogens is 2. The molecule has 0 spiro atoms. The first-order chi connectivity index (χ1) is 7.03. The molecule has 3 nitrogen and oxygen atoms in total. The summed E-state index contributed by atoms with van der Waals surface area (Å²) in [5.74, 6) is -1.08. The highest BCUT2D eigenvalue weighted by Gasteiger charge is 2.50. The molecule has 0 atom stereocenters. The summed E-state index contributed by atoms with van der Waals surface area (Å²) in [5, 5.41) is 0.0925. The highest BCUT2D eigenvalue weighted by molar-refractivity contribution is 6.29. The average Bonchev–Trinajstić information content (AvgIpc) is 2.83. The molecule has 0 radical (unpaired) electrons. The molecule has 1 aliphatic carbocycles. The minimum atomic E-state index is -0.798. The van der Waals surface area contributed by atoms with E-state index in [-0.39, 0.29) is 5.15 Å². The lowest BCUT2D eigenvalue weighted by Gasteiger charge is -2.15. The van der Waals surface area contributed by atoms with Gasteiger partial charge in [-0.25, -0.2) is 4.98 Å². The van der Waals surface area contributed by atoms with Gasteiger partial charge in [-0.15, -0.1) is 0 Å². The summed E-state index contributed by atoms with van der Waals surface area (Å²) in [6.07, 6.45) is 1.26.